The first kappa shape index (κ1) is 22.5. The minimum absolute atomic E-state index is 0.0359. The second kappa shape index (κ2) is 10.8. The van der Waals surface area contributed by atoms with Gasteiger partial charge in [-0.2, -0.15) is 0 Å². The lowest BCUT2D eigenvalue weighted by atomic mass is 9.95. The summed E-state index contributed by atoms with van der Waals surface area (Å²) in [4.78, 5) is 31.2. The van der Waals surface area contributed by atoms with Crippen LogP contribution in [0.3, 0.4) is 0 Å². The second-order valence-electron chi connectivity index (χ2n) is 8.33. The third kappa shape index (κ3) is 5.98. The zero-order chi connectivity index (χ0) is 23.0. The van der Waals surface area contributed by atoms with Gasteiger partial charge in [0.2, 0.25) is 5.91 Å². The van der Waals surface area contributed by atoms with Crippen molar-refractivity contribution in [1.29, 1.82) is 0 Å². The molecule has 0 spiro atoms. The molecule has 33 heavy (non-hydrogen) atoms. The van der Waals surface area contributed by atoms with Crippen LogP contribution in [0.5, 0.6) is 5.75 Å². The first-order valence-corrected chi connectivity index (χ1v) is 11.4. The summed E-state index contributed by atoms with van der Waals surface area (Å²) < 4.78 is 5.91. The number of hydrogen-bond acceptors (Lipinski definition) is 4. The summed E-state index contributed by atoms with van der Waals surface area (Å²) in [6.07, 6.45) is 4.19. The summed E-state index contributed by atoms with van der Waals surface area (Å²) in [5, 5.41) is 2.98. The van der Waals surface area contributed by atoms with Crippen LogP contribution in [0.1, 0.15) is 25.3 Å². The van der Waals surface area contributed by atoms with Gasteiger partial charge in [0.25, 0.3) is 5.91 Å². The highest BCUT2D eigenvalue weighted by Gasteiger charge is 2.30. The first-order chi connectivity index (χ1) is 16.1. The van der Waals surface area contributed by atoms with Crippen molar-refractivity contribution in [1.82, 2.24) is 15.2 Å². The van der Waals surface area contributed by atoms with Crippen LogP contribution in [0.25, 0.3) is 11.1 Å². The monoisotopic (exact) mass is 443 g/mol. The van der Waals surface area contributed by atoms with Gasteiger partial charge in [-0.1, -0.05) is 48.5 Å². The molecule has 2 heterocycles. The van der Waals surface area contributed by atoms with Gasteiger partial charge < -0.3 is 15.0 Å². The summed E-state index contributed by atoms with van der Waals surface area (Å²) in [6.45, 7) is 3.37. The van der Waals surface area contributed by atoms with Gasteiger partial charge >= 0.3 is 0 Å². The molecule has 0 saturated carbocycles. The molecule has 0 bridgehead atoms. The lowest BCUT2D eigenvalue weighted by Gasteiger charge is -2.33. The summed E-state index contributed by atoms with van der Waals surface area (Å²) in [7, 11) is 0. The maximum absolute atomic E-state index is 12.9. The largest absolute Gasteiger partial charge is 0.481 e. The molecule has 6 heteroatoms. The number of nitrogens with zero attached hydrogens (tertiary/aromatic N) is 2. The molecule has 1 fully saturated rings. The van der Waals surface area contributed by atoms with Crippen molar-refractivity contribution in [3.63, 3.8) is 0 Å². The summed E-state index contributed by atoms with van der Waals surface area (Å²) in [6, 6.07) is 21.7. The molecule has 0 radical (unpaired) electrons. The highest BCUT2D eigenvalue weighted by Crippen LogP contribution is 2.24. The molecule has 0 aliphatic carbocycles. The topological polar surface area (TPSA) is 71.5 Å². The second-order valence-corrected chi connectivity index (χ2v) is 8.33. The Morgan fingerprint density at radius 3 is 2.36 bits per heavy atom. The van der Waals surface area contributed by atoms with Crippen molar-refractivity contribution in [2.45, 2.75) is 32.4 Å². The van der Waals surface area contributed by atoms with E-state index in [0.29, 0.717) is 38.2 Å². The van der Waals surface area contributed by atoms with Gasteiger partial charge in [-0.3, -0.25) is 14.6 Å². The van der Waals surface area contributed by atoms with Crippen LogP contribution < -0.4 is 10.1 Å². The Morgan fingerprint density at radius 1 is 1.00 bits per heavy atom. The van der Waals surface area contributed by atoms with Crippen LogP contribution in [0.4, 0.5) is 0 Å². The molecular formula is C27H29N3O3. The number of rotatable bonds is 7. The fourth-order valence-corrected chi connectivity index (χ4v) is 4.07. The van der Waals surface area contributed by atoms with Crippen LogP contribution in [0, 0.1) is 5.92 Å². The standard InChI is InChI=1S/C27H29N3O3/c1-20(33-25-11-9-23(10-12-25)22-7-3-2-4-8-22)27(32)30-16-13-24(14-17-30)26(31)29-19-21-6-5-15-28-18-21/h2-12,15,18,20,24H,13-14,16-17,19H2,1H3,(H,29,31). The van der Waals surface area contributed by atoms with E-state index in [-0.39, 0.29) is 17.7 Å². The maximum atomic E-state index is 12.9. The SMILES string of the molecule is CC(Oc1ccc(-c2ccccc2)cc1)C(=O)N1CCC(C(=O)NCc2cccnc2)CC1. The van der Waals surface area contributed by atoms with E-state index in [2.05, 4.69) is 22.4 Å². The number of amides is 2. The van der Waals surface area contributed by atoms with Crippen LogP contribution in [0.2, 0.25) is 0 Å². The number of benzene rings is 2. The molecule has 4 rings (SSSR count). The Kier molecular flexibility index (Phi) is 7.35. The molecule has 2 aromatic carbocycles. The zero-order valence-electron chi connectivity index (χ0n) is 18.8. The van der Waals surface area contributed by atoms with Crippen molar-refractivity contribution in [2.24, 2.45) is 5.92 Å². The van der Waals surface area contributed by atoms with Crippen molar-refractivity contribution in [3.8, 4) is 16.9 Å². The maximum Gasteiger partial charge on any atom is 0.263 e. The lowest BCUT2D eigenvalue weighted by Crippen LogP contribution is -2.47. The smallest absolute Gasteiger partial charge is 0.263 e. The van der Waals surface area contributed by atoms with E-state index < -0.39 is 6.10 Å². The van der Waals surface area contributed by atoms with Crippen molar-refractivity contribution in [3.05, 3.63) is 84.7 Å². The first-order valence-electron chi connectivity index (χ1n) is 11.4. The summed E-state index contributed by atoms with van der Waals surface area (Å²) in [5.41, 5.74) is 3.22. The van der Waals surface area contributed by atoms with Gasteiger partial charge in [0.05, 0.1) is 0 Å². The molecule has 6 nitrogen and oxygen atoms in total. The van der Waals surface area contributed by atoms with E-state index in [9.17, 15) is 9.59 Å². The van der Waals surface area contributed by atoms with Crippen LogP contribution in [-0.4, -0.2) is 40.9 Å². The third-order valence-electron chi connectivity index (χ3n) is 5.99. The van der Waals surface area contributed by atoms with Crippen molar-refractivity contribution < 1.29 is 14.3 Å². The van der Waals surface area contributed by atoms with Gasteiger partial charge in [0.1, 0.15) is 5.75 Å². The van der Waals surface area contributed by atoms with Crippen LogP contribution in [0.15, 0.2) is 79.1 Å². The molecular weight excluding hydrogens is 414 g/mol. The van der Waals surface area contributed by atoms with Gasteiger partial charge in [0, 0.05) is 37.9 Å². The van der Waals surface area contributed by atoms with Crippen LogP contribution in [-0.2, 0) is 16.1 Å². The van der Waals surface area contributed by atoms with Crippen molar-refractivity contribution in [2.75, 3.05) is 13.1 Å². The van der Waals surface area contributed by atoms with E-state index in [0.717, 1.165) is 16.7 Å². The summed E-state index contributed by atoms with van der Waals surface area (Å²) >= 11 is 0. The average Bonchev–Trinajstić information content (AvgIpc) is 2.88. The normalized spacial score (nSPS) is 15.0. The Hall–Kier alpha value is -3.67. The average molecular weight is 444 g/mol. The number of carbonyl (C=O) groups excluding carboxylic acids is 2. The fraction of sp³-hybridized carbons (Fsp3) is 0.296. The molecule has 1 N–H and O–H groups in total. The van der Waals surface area contributed by atoms with E-state index in [4.69, 9.17) is 4.74 Å². The predicted octanol–water partition coefficient (Wildman–Crippen LogP) is 4.07. The number of carbonyl (C=O) groups is 2. The van der Waals surface area contributed by atoms with Gasteiger partial charge in [-0.05, 0) is 54.7 Å². The van der Waals surface area contributed by atoms with Gasteiger partial charge in [-0.15, -0.1) is 0 Å². The van der Waals surface area contributed by atoms with Gasteiger partial charge in [0.15, 0.2) is 6.10 Å². The minimum Gasteiger partial charge on any atom is -0.481 e. The number of likely N-dealkylation sites (tertiary alicyclic amines) is 1. The van der Waals surface area contributed by atoms with E-state index in [1.54, 1.807) is 24.2 Å². The molecule has 2 amide bonds. The number of pyridine rings is 1. The highest BCUT2D eigenvalue weighted by molar-refractivity contribution is 5.82. The summed E-state index contributed by atoms with van der Waals surface area (Å²) in [5.74, 6) is 0.581. The zero-order valence-corrected chi connectivity index (χ0v) is 18.8. The molecule has 3 aromatic rings. The number of hydrogen-bond donors (Lipinski definition) is 1. The molecule has 1 atom stereocenters. The highest BCUT2D eigenvalue weighted by atomic mass is 16.5. The van der Waals surface area contributed by atoms with E-state index in [1.807, 2.05) is 54.6 Å². The molecule has 1 saturated heterocycles. The van der Waals surface area contributed by atoms with Gasteiger partial charge in [-0.25, -0.2) is 0 Å². The lowest BCUT2D eigenvalue weighted by molar-refractivity contribution is -0.141. The number of piperidine rings is 1. The quantitative estimate of drug-likeness (QED) is 0.598. The minimum atomic E-state index is -0.580. The molecule has 1 unspecified atom stereocenters. The predicted molar refractivity (Wildman–Crippen MR) is 127 cm³/mol. The Labute approximate surface area is 194 Å². The third-order valence-corrected chi connectivity index (χ3v) is 5.99. The number of ether oxygens (including phenoxy) is 1. The molecule has 170 valence electrons. The Bertz CT molecular complexity index is 1050. The number of nitrogens with one attached hydrogen (secondary N) is 1. The fourth-order valence-electron chi connectivity index (χ4n) is 4.07. The van der Waals surface area contributed by atoms with E-state index in [1.165, 1.54) is 0 Å². The number of aromatic nitrogens is 1. The van der Waals surface area contributed by atoms with E-state index >= 15 is 0 Å². The van der Waals surface area contributed by atoms with Crippen molar-refractivity contribution >= 4 is 11.8 Å². The Morgan fingerprint density at radius 2 is 1.70 bits per heavy atom. The Balaban J connectivity index is 1.24. The molecule has 1 aliphatic heterocycles. The van der Waals surface area contributed by atoms with Crippen LogP contribution >= 0.6 is 0 Å². The molecule has 1 aliphatic rings. The molecule has 1 aromatic heterocycles.